The molecule has 1 saturated carbocycles. The van der Waals surface area contributed by atoms with Crippen LogP contribution in [0, 0.1) is 17.2 Å². The molecular weight excluding hydrogens is 278 g/mol. The minimum atomic E-state index is -0.951. The summed E-state index contributed by atoms with van der Waals surface area (Å²) in [5.74, 6) is 0.618. The van der Waals surface area contributed by atoms with E-state index in [1.165, 1.54) is 25.1 Å². The first-order valence-electron chi connectivity index (χ1n) is 6.43. The minimum absolute atomic E-state index is 0.184. The van der Waals surface area contributed by atoms with Gasteiger partial charge >= 0.3 is 0 Å². The van der Waals surface area contributed by atoms with Crippen molar-refractivity contribution < 1.29 is 9.53 Å². The molecule has 0 bridgehead atoms. The molecule has 0 aromatic carbocycles. The van der Waals surface area contributed by atoms with Crippen LogP contribution in [0.15, 0.2) is 12.3 Å². The third kappa shape index (κ3) is 3.84. The van der Waals surface area contributed by atoms with E-state index in [9.17, 15) is 4.79 Å². The second-order valence-corrected chi connectivity index (χ2v) is 5.85. The fraction of sp³-hybridized carbons (Fsp3) is 0.500. The molecular formula is C14H16ClN3O2. The third-order valence-corrected chi connectivity index (χ3v) is 3.21. The molecule has 1 aliphatic carbocycles. The second kappa shape index (κ2) is 5.68. The van der Waals surface area contributed by atoms with Crippen LogP contribution in [0.2, 0.25) is 5.02 Å². The molecule has 1 N–H and O–H groups in total. The molecule has 106 valence electrons. The number of hydrogen-bond donors (Lipinski definition) is 1. The Bertz CT molecular complexity index is 562. The fourth-order valence-electron chi connectivity index (χ4n) is 1.52. The molecule has 0 saturated heterocycles. The molecule has 2 rings (SSSR count). The Morgan fingerprint density at radius 1 is 1.65 bits per heavy atom. The Balaban J connectivity index is 2.09. The summed E-state index contributed by atoms with van der Waals surface area (Å²) in [5, 5.41) is 11.9. The number of nitriles is 1. The predicted molar refractivity (Wildman–Crippen MR) is 74.6 cm³/mol. The number of aromatic nitrogens is 1. The van der Waals surface area contributed by atoms with Crippen molar-refractivity contribution in [2.24, 2.45) is 5.92 Å². The molecule has 1 aliphatic rings. The van der Waals surface area contributed by atoms with E-state index in [0.717, 1.165) is 0 Å². The first-order chi connectivity index (χ1) is 9.41. The average Bonchev–Trinajstić information content (AvgIpc) is 3.21. The van der Waals surface area contributed by atoms with Gasteiger partial charge in [-0.2, -0.15) is 5.26 Å². The summed E-state index contributed by atoms with van der Waals surface area (Å²) in [5.41, 5.74) is -0.767. The number of carbonyl (C=O) groups is 1. The second-order valence-electron chi connectivity index (χ2n) is 5.45. The van der Waals surface area contributed by atoms with Crippen LogP contribution >= 0.6 is 11.6 Å². The van der Waals surface area contributed by atoms with Gasteiger partial charge in [-0.15, -0.1) is 0 Å². The highest BCUT2D eigenvalue weighted by molar-refractivity contribution is 6.32. The Morgan fingerprint density at radius 3 is 2.95 bits per heavy atom. The van der Waals surface area contributed by atoms with Crippen molar-refractivity contribution in [3.63, 3.8) is 0 Å². The molecule has 1 aromatic rings. The summed E-state index contributed by atoms with van der Waals surface area (Å²) in [6, 6.07) is 3.51. The van der Waals surface area contributed by atoms with E-state index in [1.54, 1.807) is 13.8 Å². The van der Waals surface area contributed by atoms with Crippen molar-refractivity contribution in [1.82, 2.24) is 10.3 Å². The van der Waals surface area contributed by atoms with Gasteiger partial charge in [0.25, 0.3) is 5.91 Å². The summed E-state index contributed by atoms with van der Waals surface area (Å²) < 4.78 is 5.59. The number of halogens is 1. The van der Waals surface area contributed by atoms with Gasteiger partial charge in [-0.05, 0) is 32.6 Å². The number of pyridine rings is 1. The first kappa shape index (κ1) is 14.6. The zero-order valence-corrected chi connectivity index (χ0v) is 12.2. The number of amides is 1. The van der Waals surface area contributed by atoms with Gasteiger partial charge in [0, 0.05) is 6.07 Å². The number of ether oxygens (including phenoxy) is 1. The summed E-state index contributed by atoms with van der Waals surface area (Å²) in [4.78, 5) is 16.0. The normalized spacial score (nSPS) is 14.5. The van der Waals surface area contributed by atoms with E-state index in [2.05, 4.69) is 10.3 Å². The van der Waals surface area contributed by atoms with Crippen molar-refractivity contribution >= 4 is 17.5 Å². The molecule has 0 aliphatic heterocycles. The lowest BCUT2D eigenvalue weighted by Gasteiger charge is -2.17. The average molecular weight is 294 g/mol. The molecule has 5 nitrogen and oxygen atoms in total. The Labute approximate surface area is 122 Å². The number of carbonyl (C=O) groups excluding carboxylic acids is 1. The Morgan fingerprint density at radius 2 is 2.35 bits per heavy atom. The lowest BCUT2D eigenvalue weighted by Crippen LogP contribution is -2.42. The fourth-order valence-corrected chi connectivity index (χ4v) is 1.68. The van der Waals surface area contributed by atoms with E-state index >= 15 is 0 Å². The van der Waals surface area contributed by atoms with Gasteiger partial charge in [0.1, 0.15) is 22.0 Å². The molecule has 1 heterocycles. The molecule has 20 heavy (non-hydrogen) atoms. The maximum Gasteiger partial charge on any atom is 0.271 e. The summed E-state index contributed by atoms with van der Waals surface area (Å²) in [6.07, 6.45) is 3.73. The van der Waals surface area contributed by atoms with E-state index < -0.39 is 11.4 Å². The summed E-state index contributed by atoms with van der Waals surface area (Å²) in [6.45, 7) is 3.84. The van der Waals surface area contributed by atoms with Crippen LogP contribution in [0.5, 0.6) is 5.75 Å². The molecule has 1 aromatic heterocycles. The molecule has 1 amide bonds. The monoisotopic (exact) mass is 293 g/mol. The van der Waals surface area contributed by atoms with Crippen LogP contribution in [0.25, 0.3) is 0 Å². The van der Waals surface area contributed by atoms with Gasteiger partial charge in [-0.25, -0.2) is 4.98 Å². The van der Waals surface area contributed by atoms with Gasteiger partial charge in [0.15, 0.2) is 0 Å². The lowest BCUT2D eigenvalue weighted by atomic mass is 10.1. The van der Waals surface area contributed by atoms with Crippen molar-refractivity contribution in [2.45, 2.75) is 32.2 Å². The SMILES string of the molecule is CC(C)(C#N)NC(=O)c1cc(OCC2CC2)c(Cl)cn1. The number of rotatable bonds is 5. The van der Waals surface area contributed by atoms with Crippen LogP contribution < -0.4 is 10.1 Å². The number of nitrogens with one attached hydrogen (secondary N) is 1. The molecule has 0 unspecified atom stereocenters. The largest absolute Gasteiger partial charge is 0.492 e. The highest BCUT2D eigenvalue weighted by atomic mass is 35.5. The smallest absolute Gasteiger partial charge is 0.271 e. The van der Waals surface area contributed by atoms with E-state index in [0.29, 0.717) is 23.3 Å². The highest BCUT2D eigenvalue weighted by Gasteiger charge is 2.24. The Kier molecular flexibility index (Phi) is 4.15. The van der Waals surface area contributed by atoms with E-state index in [-0.39, 0.29) is 5.69 Å². The quantitative estimate of drug-likeness (QED) is 0.905. The first-order valence-corrected chi connectivity index (χ1v) is 6.81. The van der Waals surface area contributed by atoms with E-state index in [1.807, 2.05) is 6.07 Å². The standard InChI is InChI=1S/C14H16ClN3O2/c1-14(2,8-16)18-13(19)11-5-12(10(15)6-17-11)20-7-9-3-4-9/h5-6,9H,3-4,7H2,1-2H3,(H,18,19). The van der Waals surface area contributed by atoms with Crippen LogP contribution in [0.1, 0.15) is 37.2 Å². The lowest BCUT2D eigenvalue weighted by molar-refractivity contribution is 0.0923. The topological polar surface area (TPSA) is 75.0 Å². The molecule has 1 fully saturated rings. The van der Waals surface area contributed by atoms with Gasteiger partial charge in [-0.3, -0.25) is 4.79 Å². The molecule has 0 atom stereocenters. The maximum absolute atomic E-state index is 12.0. The van der Waals surface area contributed by atoms with Crippen molar-refractivity contribution in [1.29, 1.82) is 5.26 Å². The number of hydrogen-bond acceptors (Lipinski definition) is 4. The summed E-state index contributed by atoms with van der Waals surface area (Å²) in [7, 11) is 0. The van der Waals surface area contributed by atoms with Gasteiger partial charge in [0.2, 0.25) is 0 Å². The van der Waals surface area contributed by atoms with Crippen molar-refractivity contribution in [3.05, 3.63) is 23.0 Å². The van der Waals surface area contributed by atoms with Gasteiger partial charge in [-0.1, -0.05) is 11.6 Å². The van der Waals surface area contributed by atoms with E-state index in [4.69, 9.17) is 21.6 Å². The van der Waals surface area contributed by atoms with Gasteiger partial charge < -0.3 is 10.1 Å². The van der Waals surface area contributed by atoms with Gasteiger partial charge in [0.05, 0.1) is 18.9 Å². The van der Waals surface area contributed by atoms with Crippen LogP contribution in [0.3, 0.4) is 0 Å². The van der Waals surface area contributed by atoms with Crippen LogP contribution in [-0.4, -0.2) is 23.0 Å². The third-order valence-electron chi connectivity index (χ3n) is 2.93. The van der Waals surface area contributed by atoms with Crippen molar-refractivity contribution in [3.8, 4) is 11.8 Å². The molecule has 0 spiro atoms. The molecule has 6 heteroatoms. The zero-order chi connectivity index (χ0) is 14.8. The maximum atomic E-state index is 12.0. The van der Waals surface area contributed by atoms with Crippen molar-refractivity contribution in [2.75, 3.05) is 6.61 Å². The van der Waals surface area contributed by atoms with Crippen LogP contribution in [0.4, 0.5) is 0 Å². The Hall–Kier alpha value is -1.80. The van der Waals surface area contributed by atoms with Crippen LogP contribution in [-0.2, 0) is 0 Å². The highest BCUT2D eigenvalue weighted by Crippen LogP contribution is 2.31. The molecule has 0 radical (unpaired) electrons. The minimum Gasteiger partial charge on any atom is -0.492 e. The number of nitrogens with zero attached hydrogens (tertiary/aromatic N) is 2. The zero-order valence-electron chi connectivity index (χ0n) is 11.4. The predicted octanol–water partition coefficient (Wildman–Crippen LogP) is 2.56. The summed E-state index contributed by atoms with van der Waals surface area (Å²) >= 11 is 5.99.